The summed E-state index contributed by atoms with van der Waals surface area (Å²) in [4.78, 5) is 23.3. The van der Waals surface area contributed by atoms with Crippen molar-refractivity contribution < 1.29 is 14.3 Å². The van der Waals surface area contributed by atoms with Crippen molar-refractivity contribution in [2.24, 2.45) is 0 Å². The quantitative estimate of drug-likeness (QED) is 0.850. The van der Waals surface area contributed by atoms with Crippen LogP contribution in [0.15, 0.2) is 18.2 Å². The summed E-state index contributed by atoms with van der Waals surface area (Å²) in [5.41, 5.74) is 1.19. The summed E-state index contributed by atoms with van der Waals surface area (Å²) in [5, 5.41) is 5.73. The second-order valence-electron chi connectivity index (χ2n) is 5.00. The molecule has 0 radical (unpaired) electrons. The molecule has 5 heteroatoms. The summed E-state index contributed by atoms with van der Waals surface area (Å²) in [6.45, 7) is 0.000692. The Bertz CT molecular complexity index is 521. The number of carbonyl (C=O) groups is 2. The van der Waals surface area contributed by atoms with E-state index >= 15 is 0 Å². The van der Waals surface area contributed by atoms with Crippen molar-refractivity contribution in [3.05, 3.63) is 23.8 Å². The standard InChI is InChI=1S/C14H16N2O3/c17-13-8-19-12-7-9(5-6-11(12)16-13)14(18)15-10-3-1-2-4-10/h5-7,10H,1-4,8H2,(H,15,18)(H,16,17). The van der Waals surface area contributed by atoms with Crippen molar-refractivity contribution in [3.8, 4) is 5.75 Å². The maximum absolute atomic E-state index is 12.1. The van der Waals surface area contributed by atoms with E-state index in [1.165, 1.54) is 12.8 Å². The Hall–Kier alpha value is -2.04. The molecule has 0 spiro atoms. The molecule has 2 N–H and O–H groups in total. The summed E-state index contributed by atoms with van der Waals surface area (Å²) in [6, 6.07) is 5.39. The Kier molecular flexibility index (Phi) is 3.11. The van der Waals surface area contributed by atoms with Gasteiger partial charge in [0.15, 0.2) is 6.61 Å². The van der Waals surface area contributed by atoms with Gasteiger partial charge in [0, 0.05) is 11.6 Å². The minimum absolute atomic E-state index is 0.000692. The van der Waals surface area contributed by atoms with E-state index in [0.29, 0.717) is 23.0 Å². The highest BCUT2D eigenvalue weighted by molar-refractivity contribution is 5.99. The molecule has 1 heterocycles. The molecule has 1 aliphatic heterocycles. The number of benzene rings is 1. The monoisotopic (exact) mass is 260 g/mol. The zero-order valence-electron chi connectivity index (χ0n) is 10.6. The first-order valence-corrected chi connectivity index (χ1v) is 6.60. The smallest absolute Gasteiger partial charge is 0.262 e. The lowest BCUT2D eigenvalue weighted by molar-refractivity contribution is -0.118. The van der Waals surface area contributed by atoms with Crippen LogP contribution in [0.4, 0.5) is 5.69 Å². The van der Waals surface area contributed by atoms with Gasteiger partial charge in [-0.1, -0.05) is 12.8 Å². The number of rotatable bonds is 2. The number of hydrogen-bond acceptors (Lipinski definition) is 3. The lowest BCUT2D eigenvalue weighted by Crippen LogP contribution is -2.32. The third-order valence-electron chi connectivity index (χ3n) is 3.57. The van der Waals surface area contributed by atoms with Gasteiger partial charge in [0.1, 0.15) is 5.75 Å². The second-order valence-corrected chi connectivity index (χ2v) is 5.00. The summed E-state index contributed by atoms with van der Waals surface area (Å²) < 4.78 is 5.30. The molecule has 0 bridgehead atoms. The number of carbonyl (C=O) groups excluding carboxylic acids is 2. The Morgan fingerprint density at radius 1 is 1.32 bits per heavy atom. The average molecular weight is 260 g/mol. The van der Waals surface area contributed by atoms with Crippen LogP contribution in [0.2, 0.25) is 0 Å². The predicted molar refractivity (Wildman–Crippen MR) is 70.3 cm³/mol. The summed E-state index contributed by atoms with van der Waals surface area (Å²) in [5.74, 6) is 0.310. The lowest BCUT2D eigenvalue weighted by Gasteiger charge is -2.19. The largest absolute Gasteiger partial charge is 0.482 e. The van der Waals surface area contributed by atoms with Crippen LogP contribution in [0.25, 0.3) is 0 Å². The van der Waals surface area contributed by atoms with Crippen LogP contribution in [-0.2, 0) is 4.79 Å². The molecule has 19 heavy (non-hydrogen) atoms. The van der Waals surface area contributed by atoms with Crippen molar-refractivity contribution in [1.82, 2.24) is 5.32 Å². The van der Waals surface area contributed by atoms with Crippen molar-refractivity contribution >= 4 is 17.5 Å². The van der Waals surface area contributed by atoms with E-state index < -0.39 is 0 Å². The van der Waals surface area contributed by atoms with Crippen molar-refractivity contribution in [1.29, 1.82) is 0 Å². The molecule has 3 rings (SSSR count). The molecule has 0 unspecified atom stereocenters. The van der Waals surface area contributed by atoms with Gasteiger partial charge in [0.05, 0.1) is 5.69 Å². The molecule has 1 aromatic carbocycles. The number of anilines is 1. The number of ether oxygens (including phenoxy) is 1. The summed E-state index contributed by atoms with van der Waals surface area (Å²) in [7, 11) is 0. The first kappa shape index (κ1) is 12.0. The first-order valence-electron chi connectivity index (χ1n) is 6.60. The molecule has 100 valence electrons. The van der Waals surface area contributed by atoms with Crippen LogP contribution >= 0.6 is 0 Å². The topological polar surface area (TPSA) is 67.4 Å². The zero-order chi connectivity index (χ0) is 13.2. The fourth-order valence-corrected chi connectivity index (χ4v) is 2.55. The predicted octanol–water partition coefficient (Wildman–Crippen LogP) is 1.69. The molecule has 0 atom stereocenters. The van der Waals surface area contributed by atoms with Crippen LogP contribution in [0.5, 0.6) is 5.75 Å². The van der Waals surface area contributed by atoms with Gasteiger partial charge >= 0.3 is 0 Å². The van der Waals surface area contributed by atoms with E-state index in [0.717, 1.165) is 12.8 Å². The number of amides is 2. The van der Waals surface area contributed by atoms with E-state index in [1.54, 1.807) is 18.2 Å². The fraction of sp³-hybridized carbons (Fsp3) is 0.429. The average Bonchev–Trinajstić information content (AvgIpc) is 2.91. The van der Waals surface area contributed by atoms with E-state index in [4.69, 9.17) is 4.74 Å². The number of hydrogen-bond donors (Lipinski definition) is 2. The molecular weight excluding hydrogens is 244 g/mol. The molecule has 1 aromatic rings. The van der Waals surface area contributed by atoms with Gasteiger partial charge in [-0.25, -0.2) is 0 Å². The van der Waals surface area contributed by atoms with E-state index in [-0.39, 0.29) is 18.4 Å². The minimum Gasteiger partial charge on any atom is -0.482 e. The Labute approximate surface area is 111 Å². The highest BCUT2D eigenvalue weighted by Gasteiger charge is 2.20. The Morgan fingerprint density at radius 2 is 2.11 bits per heavy atom. The van der Waals surface area contributed by atoms with Crippen LogP contribution in [0.1, 0.15) is 36.0 Å². The third kappa shape index (κ3) is 2.54. The Morgan fingerprint density at radius 3 is 2.89 bits per heavy atom. The van der Waals surface area contributed by atoms with E-state index in [9.17, 15) is 9.59 Å². The molecule has 1 aliphatic carbocycles. The van der Waals surface area contributed by atoms with Crippen LogP contribution in [-0.4, -0.2) is 24.5 Å². The fourth-order valence-electron chi connectivity index (χ4n) is 2.55. The number of fused-ring (bicyclic) bond motifs is 1. The van der Waals surface area contributed by atoms with Gasteiger partial charge in [-0.15, -0.1) is 0 Å². The lowest BCUT2D eigenvalue weighted by atomic mass is 10.1. The number of nitrogens with one attached hydrogen (secondary N) is 2. The van der Waals surface area contributed by atoms with Gasteiger partial charge < -0.3 is 15.4 Å². The van der Waals surface area contributed by atoms with Gasteiger partial charge in [-0.3, -0.25) is 9.59 Å². The van der Waals surface area contributed by atoms with E-state index in [2.05, 4.69) is 10.6 Å². The van der Waals surface area contributed by atoms with Crippen LogP contribution < -0.4 is 15.4 Å². The zero-order valence-corrected chi connectivity index (χ0v) is 10.6. The maximum atomic E-state index is 12.1. The van der Waals surface area contributed by atoms with Crippen molar-refractivity contribution in [2.75, 3.05) is 11.9 Å². The van der Waals surface area contributed by atoms with Gasteiger partial charge in [-0.05, 0) is 31.0 Å². The van der Waals surface area contributed by atoms with Gasteiger partial charge in [0.2, 0.25) is 0 Å². The van der Waals surface area contributed by atoms with Crippen LogP contribution in [0, 0.1) is 0 Å². The molecule has 0 aromatic heterocycles. The summed E-state index contributed by atoms with van der Waals surface area (Å²) in [6.07, 6.45) is 4.49. The second kappa shape index (κ2) is 4.91. The molecule has 5 nitrogen and oxygen atoms in total. The highest BCUT2D eigenvalue weighted by atomic mass is 16.5. The normalized spacial score (nSPS) is 18.4. The van der Waals surface area contributed by atoms with Crippen molar-refractivity contribution in [2.45, 2.75) is 31.7 Å². The maximum Gasteiger partial charge on any atom is 0.262 e. The van der Waals surface area contributed by atoms with Crippen molar-refractivity contribution in [3.63, 3.8) is 0 Å². The SMILES string of the molecule is O=C1COc2cc(C(=O)NC3CCCC3)ccc2N1. The first-order chi connectivity index (χ1) is 9.22. The van der Waals surface area contributed by atoms with E-state index in [1.807, 2.05) is 0 Å². The van der Waals surface area contributed by atoms with Crippen LogP contribution in [0.3, 0.4) is 0 Å². The molecule has 1 fully saturated rings. The summed E-state index contributed by atoms with van der Waals surface area (Å²) >= 11 is 0. The molecule has 2 aliphatic rings. The minimum atomic E-state index is -0.171. The molecule has 0 saturated heterocycles. The molecule has 1 saturated carbocycles. The van der Waals surface area contributed by atoms with Gasteiger partial charge in [-0.2, -0.15) is 0 Å². The Balaban J connectivity index is 1.74. The highest BCUT2D eigenvalue weighted by Crippen LogP contribution is 2.28. The molecule has 2 amide bonds. The van der Waals surface area contributed by atoms with Gasteiger partial charge in [0.25, 0.3) is 11.8 Å². The molecular formula is C14H16N2O3. The third-order valence-corrected chi connectivity index (χ3v) is 3.57.